The van der Waals surface area contributed by atoms with E-state index >= 15 is 0 Å². The van der Waals surface area contributed by atoms with Gasteiger partial charge in [-0.15, -0.1) is 0 Å². The highest BCUT2D eigenvalue weighted by Gasteiger charge is 2.26. The molecule has 0 spiro atoms. The standard InChI is InChI=1S/C20H16F2N2O3S/c21-20(22)28(26,27)17-8-6-16(7-9-17)19(25)24-18(14-4-2-1-3-5-14)15-10-12-23-13-11-15/h1-13,18,20H,(H,24,25)/t18-/m1/s1. The number of carbonyl (C=O) groups is 1. The topological polar surface area (TPSA) is 76.1 Å². The van der Waals surface area contributed by atoms with Gasteiger partial charge in [-0.25, -0.2) is 8.42 Å². The molecule has 144 valence electrons. The van der Waals surface area contributed by atoms with Gasteiger partial charge >= 0.3 is 5.76 Å². The van der Waals surface area contributed by atoms with E-state index in [4.69, 9.17) is 0 Å². The summed E-state index contributed by atoms with van der Waals surface area (Å²) in [4.78, 5) is 16.1. The van der Waals surface area contributed by atoms with E-state index < -0.39 is 32.4 Å². The molecule has 1 N–H and O–H groups in total. The minimum atomic E-state index is -4.70. The molecule has 0 aliphatic carbocycles. The van der Waals surface area contributed by atoms with Gasteiger partial charge in [0.15, 0.2) is 0 Å². The number of sulfone groups is 1. The second-order valence-corrected chi connectivity index (χ2v) is 7.85. The highest BCUT2D eigenvalue weighted by molar-refractivity contribution is 7.91. The van der Waals surface area contributed by atoms with Crippen LogP contribution in [0.3, 0.4) is 0 Å². The second kappa shape index (κ2) is 8.26. The number of hydrogen-bond donors (Lipinski definition) is 1. The number of halogens is 2. The maximum atomic E-state index is 12.7. The zero-order valence-corrected chi connectivity index (χ0v) is 15.3. The number of nitrogens with zero attached hydrogens (tertiary/aromatic N) is 1. The van der Waals surface area contributed by atoms with E-state index in [1.807, 2.05) is 30.3 Å². The number of nitrogens with one attached hydrogen (secondary N) is 1. The molecule has 1 heterocycles. The number of hydrogen-bond acceptors (Lipinski definition) is 4. The van der Waals surface area contributed by atoms with Crippen molar-refractivity contribution in [3.63, 3.8) is 0 Å². The molecular weight excluding hydrogens is 386 g/mol. The molecule has 0 aliphatic heterocycles. The summed E-state index contributed by atoms with van der Waals surface area (Å²) in [6.07, 6.45) is 3.23. The molecule has 0 fully saturated rings. The van der Waals surface area contributed by atoms with Crippen LogP contribution in [0.2, 0.25) is 0 Å². The Balaban J connectivity index is 1.87. The third-order valence-corrected chi connectivity index (χ3v) is 5.53. The smallest absolute Gasteiger partial charge is 0.341 e. The van der Waals surface area contributed by atoms with Gasteiger partial charge < -0.3 is 5.32 Å². The first-order valence-corrected chi connectivity index (χ1v) is 9.82. The van der Waals surface area contributed by atoms with E-state index in [-0.39, 0.29) is 5.56 Å². The summed E-state index contributed by atoms with van der Waals surface area (Å²) in [7, 11) is -4.70. The fourth-order valence-electron chi connectivity index (χ4n) is 2.67. The Morgan fingerprint density at radius 1 is 0.857 bits per heavy atom. The third kappa shape index (κ3) is 4.23. The van der Waals surface area contributed by atoms with Gasteiger partial charge in [0, 0.05) is 18.0 Å². The van der Waals surface area contributed by atoms with Crippen LogP contribution in [0.15, 0.2) is 84.0 Å². The largest absolute Gasteiger partial charge is 0.341 e. The maximum absolute atomic E-state index is 12.7. The molecule has 5 nitrogen and oxygen atoms in total. The Hall–Kier alpha value is -3.13. The molecule has 8 heteroatoms. The predicted molar refractivity (Wildman–Crippen MR) is 99.6 cm³/mol. The van der Waals surface area contributed by atoms with Crippen molar-refractivity contribution >= 4 is 15.7 Å². The van der Waals surface area contributed by atoms with Gasteiger partial charge in [-0.1, -0.05) is 30.3 Å². The normalized spacial score (nSPS) is 12.5. The number of alkyl halides is 2. The molecule has 0 aliphatic rings. The molecule has 3 rings (SSSR count). The number of amides is 1. The molecule has 28 heavy (non-hydrogen) atoms. The van der Waals surface area contributed by atoms with Crippen molar-refractivity contribution in [3.05, 3.63) is 95.8 Å². The van der Waals surface area contributed by atoms with Gasteiger partial charge in [0.25, 0.3) is 5.91 Å². The number of benzene rings is 2. The second-order valence-electron chi connectivity index (χ2n) is 5.93. The first kappa shape index (κ1) is 19.6. The van der Waals surface area contributed by atoms with Crippen LogP contribution in [0.4, 0.5) is 8.78 Å². The van der Waals surface area contributed by atoms with Gasteiger partial charge in [-0.05, 0) is 47.5 Å². The van der Waals surface area contributed by atoms with E-state index in [0.717, 1.165) is 23.3 Å². The van der Waals surface area contributed by atoms with Crippen LogP contribution in [0.1, 0.15) is 27.5 Å². The zero-order valence-electron chi connectivity index (χ0n) is 14.5. The summed E-state index contributed by atoms with van der Waals surface area (Å²) < 4.78 is 48.3. The van der Waals surface area contributed by atoms with Gasteiger partial charge in [0.1, 0.15) is 0 Å². The lowest BCUT2D eigenvalue weighted by Crippen LogP contribution is -2.29. The minimum absolute atomic E-state index is 0.156. The van der Waals surface area contributed by atoms with Gasteiger partial charge in [-0.3, -0.25) is 9.78 Å². The van der Waals surface area contributed by atoms with Crippen LogP contribution in [0.25, 0.3) is 0 Å². The van der Waals surface area contributed by atoms with Crippen LogP contribution in [-0.4, -0.2) is 25.1 Å². The van der Waals surface area contributed by atoms with Crippen molar-refractivity contribution in [2.75, 3.05) is 0 Å². The molecule has 1 aromatic heterocycles. The Labute approximate surface area is 161 Å². The van der Waals surface area contributed by atoms with Crippen LogP contribution in [-0.2, 0) is 9.84 Å². The van der Waals surface area contributed by atoms with Crippen LogP contribution < -0.4 is 5.32 Å². The number of pyridine rings is 1. The molecule has 0 saturated heterocycles. The average molecular weight is 402 g/mol. The van der Waals surface area contributed by atoms with Crippen molar-refractivity contribution in [2.24, 2.45) is 0 Å². The summed E-state index contributed by atoms with van der Waals surface area (Å²) in [6, 6.07) is 16.8. The first-order chi connectivity index (χ1) is 13.4. The SMILES string of the molecule is O=C(N[C@H](c1ccccc1)c1ccncc1)c1ccc(S(=O)(=O)C(F)F)cc1. The van der Waals surface area contributed by atoms with Crippen molar-refractivity contribution in [3.8, 4) is 0 Å². The van der Waals surface area contributed by atoms with Crippen molar-refractivity contribution in [2.45, 2.75) is 16.7 Å². The summed E-state index contributed by atoms with van der Waals surface area (Å²) in [6.45, 7) is 0. The summed E-state index contributed by atoms with van der Waals surface area (Å²) in [5.74, 6) is -3.98. The van der Waals surface area contributed by atoms with Crippen molar-refractivity contribution in [1.82, 2.24) is 10.3 Å². The van der Waals surface area contributed by atoms with Gasteiger partial charge in [0.2, 0.25) is 9.84 Å². The van der Waals surface area contributed by atoms with E-state index in [2.05, 4.69) is 10.3 Å². The van der Waals surface area contributed by atoms with E-state index in [9.17, 15) is 22.0 Å². The first-order valence-electron chi connectivity index (χ1n) is 8.27. The molecule has 0 saturated carbocycles. The molecule has 2 aromatic carbocycles. The van der Waals surface area contributed by atoms with Gasteiger partial charge in [0.05, 0.1) is 10.9 Å². The summed E-state index contributed by atoms with van der Waals surface area (Å²) >= 11 is 0. The summed E-state index contributed by atoms with van der Waals surface area (Å²) in [5.41, 5.74) is 1.81. The Morgan fingerprint density at radius 2 is 1.43 bits per heavy atom. The molecule has 0 unspecified atom stereocenters. The zero-order chi connectivity index (χ0) is 20.1. The lowest BCUT2D eigenvalue weighted by Gasteiger charge is -2.20. The quantitative estimate of drug-likeness (QED) is 0.684. The van der Waals surface area contributed by atoms with Crippen LogP contribution in [0, 0.1) is 0 Å². The van der Waals surface area contributed by atoms with E-state index in [1.165, 1.54) is 12.1 Å². The predicted octanol–water partition coefficient (Wildman–Crippen LogP) is 3.60. The maximum Gasteiger partial charge on any atom is 0.341 e. The highest BCUT2D eigenvalue weighted by atomic mass is 32.2. The fraction of sp³-hybridized carbons (Fsp3) is 0.100. The molecule has 1 atom stereocenters. The minimum Gasteiger partial charge on any atom is -0.341 e. The summed E-state index contributed by atoms with van der Waals surface area (Å²) in [5, 5.41) is 2.88. The van der Waals surface area contributed by atoms with Crippen molar-refractivity contribution < 1.29 is 22.0 Å². The Morgan fingerprint density at radius 3 is 2.00 bits per heavy atom. The molecule has 3 aromatic rings. The fourth-order valence-corrected chi connectivity index (χ4v) is 3.39. The Bertz CT molecular complexity index is 1000. The lowest BCUT2D eigenvalue weighted by atomic mass is 9.99. The Kier molecular flexibility index (Phi) is 5.79. The molecule has 1 amide bonds. The van der Waals surface area contributed by atoms with E-state index in [0.29, 0.717) is 0 Å². The molecular formula is C20H16F2N2O3S. The van der Waals surface area contributed by atoms with E-state index in [1.54, 1.807) is 24.5 Å². The average Bonchev–Trinajstić information content (AvgIpc) is 2.73. The monoisotopic (exact) mass is 402 g/mol. The van der Waals surface area contributed by atoms with Gasteiger partial charge in [-0.2, -0.15) is 8.78 Å². The highest BCUT2D eigenvalue weighted by Crippen LogP contribution is 2.23. The molecule has 0 radical (unpaired) electrons. The van der Waals surface area contributed by atoms with Crippen molar-refractivity contribution in [1.29, 1.82) is 0 Å². The lowest BCUT2D eigenvalue weighted by molar-refractivity contribution is 0.0943. The van der Waals surface area contributed by atoms with Crippen LogP contribution >= 0.6 is 0 Å². The molecule has 0 bridgehead atoms. The third-order valence-electron chi connectivity index (χ3n) is 4.13. The van der Waals surface area contributed by atoms with Crippen LogP contribution in [0.5, 0.6) is 0 Å². The number of rotatable bonds is 6. The number of carbonyl (C=O) groups excluding carboxylic acids is 1. The number of aromatic nitrogens is 1.